The number of anilines is 3. The lowest BCUT2D eigenvalue weighted by atomic mass is 9.98. The van der Waals surface area contributed by atoms with Gasteiger partial charge < -0.3 is 27.0 Å². The molecule has 0 heterocycles. The number of benzene rings is 2. The fourth-order valence-corrected chi connectivity index (χ4v) is 2.25. The zero-order chi connectivity index (χ0) is 15.2. The summed E-state index contributed by atoms with van der Waals surface area (Å²) in [7, 11) is 0. The average Bonchev–Trinajstić information content (AvgIpc) is 2.47. The van der Waals surface area contributed by atoms with Crippen molar-refractivity contribution in [2.75, 3.05) is 16.8 Å². The van der Waals surface area contributed by atoms with E-state index in [0.29, 0.717) is 24.3 Å². The Bertz CT molecular complexity index is 586. The minimum Gasteiger partial charge on any atom is -0.398 e. The van der Waals surface area contributed by atoms with Gasteiger partial charge in [-0.05, 0) is 41.8 Å². The van der Waals surface area contributed by atoms with E-state index in [4.69, 9.17) is 21.7 Å². The average molecular weight is 287 g/mol. The molecule has 0 atom stereocenters. The van der Waals surface area contributed by atoms with Gasteiger partial charge in [0.2, 0.25) is 0 Å². The van der Waals surface area contributed by atoms with Gasteiger partial charge in [-0.1, -0.05) is 18.2 Å². The molecule has 2 aromatic carbocycles. The van der Waals surface area contributed by atoms with Gasteiger partial charge in [0.05, 0.1) is 0 Å². The maximum atomic E-state index is 9.04. The highest BCUT2D eigenvalue weighted by atomic mass is 16.5. The third-order valence-electron chi connectivity index (χ3n) is 3.40. The van der Waals surface area contributed by atoms with Gasteiger partial charge in [-0.2, -0.15) is 0 Å². The molecule has 0 aliphatic rings. The number of hydrogen-bond acceptors (Lipinski definition) is 5. The Morgan fingerprint density at radius 1 is 0.905 bits per heavy atom. The van der Waals surface area contributed by atoms with Crippen LogP contribution in [0.2, 0.25) is 0 Å². The second-order valence-electron chi connectivity index (χ2n) is 4.94. The summed E-state index contributed by atoms with van der Waals surface area (Å²) in [5.74, 6) is 0. The molecule has 112 valence electrons. The lowest BCUT2D eigenvalue weighted by Crippen LogP contribution is -2.12. The molecule has 0 amide bonds. The summed E-state index contributed by atoms with van der Waals surface area (Å²) in [6, 6.07) is 13.3. The van der Waals surface area contributed by atoms with E-state index in [1.807, 2.05) is 30.3 Å². The molecule has 2 rings (SSSR count). The number of aliphatic hydroxyl groups is 2. The molecular weight excluding hydrogens is 266 g/mol. The summed E-state index contributed by atoms with van der Waals surface area (Å²) < 4.78 is 0. The molecule has 0 aliphatic heterocycles. The summed E-state index contributed by atoms with van der Waals surface area (Å²) in [4.78, 5) is 0. The Morgan fingerprint density at radius 3 is 2.14 bits per heavy atom. The number of nitrogen functional groups attached to an aromatic ring is 2. The molecule has 0 aliphatic carbocycles. The van der Waals surface area contributed by atoms with Crippen molar-refractivity contribution < 1.29 is 10.2 Å². The Hall–Kier alpha value is -2.24. The number of hydrogen-bond donors (Lipinski definition) is 5. The van der Waals surface area contributed by atoms with Crippen molar-refractivity contribution in [3.63, 3.8) is 0 Å². The fourth-order valence-electron chi connectivity index (χ4n) is 2.25. The van der Waals surface area contributed by atoms with Crippen LogP contribution in [0.4, 0.5) is 17.1 Å². The van der Waals surface area contributed by atoms with Gasteiger partial charge >= 0.3 is 0 Å². The normalized spacial score (nSPS) is 10.8. The van der Waals surface area contributed by atoms with E-state index < -0.39 is 6.29 Å². The summed E-state index contributed by atoms with van der Waals surface area (Å²) in [6.07, 6.45) is -0.646. The maximum Gasteiger partial charge on any atom is 0.151 e. The van der Waals surface area contributed by atoms with Crippen LogP contribution in [0.5, 0.6) is 0 Å². The van der Waals surface area contributed by atoms with E-state index in [2.05, 4.69) is 5.32 Å². The third kappa shape index (κ3) is 4.11. The van der Waals surface area contributed by atoms with E-state index in [0.717, 1.165) is 16.8 Å². The monoisotopic (exact) mass is 287 g/mol. The zero-order valence-electron chi connectivity index (χ0n) is 11.8. The first-order chi connectivity index (χ1) is 10.1. The zero-order valence-corrected chi connectivity index (χ0v) is 11.8. The van der Waals surface area contributed by atoms with Crippen LogP contribution in [0, 0.1) is 0 Å². The Morgan fingerprint density at radius 2 is 1.52 bits per heavy atom. The molecule has 0 aromatic heterocycles. The number of nitrogens with two attached hydrogens (primary N) is 2. The number of aliphatic hydroxyl groups excluding tert-OH is 1. The molecule has 5 nitrogen and oxygen atoms in total. The first-order valence-corrected chi connectivity index (χ1v) is 6.88. The lowest BCUT2D eigenvalue weighted by molar-refractivity contribution is -0.0446. The highest BCUT2D eigenvalue weighted by Gasteiger charge is 2.11. The van der Waals surface area contributed by atoms with Crippen LogP contribution in [-0.4, -0.2) is 16.5 Å². The first kappa shape index (κ1) is 15.2. The third-order valence-corrected chi connectivity index (χ3v) is 3.40. The van der Waals surface area contributed by atoms with Crippen molar-refractivity contribution in [2.24, 2.45) is 0 Å². The lowest BCUT2D eigenvalue weighted by Gasteiger charge is -2.16. The van der Waals surface area contributed by atoms with Crippen LogP contribution in [-0.2, 0) is 13.0 Å². The minimum atomic E-state index is -1.35. The van der Waals surface area contributed by atoms with Crippen LogP contribution < -0.4 is 16.8 Å². The Balaban J connectivity index is 2.18. The smallest absolute Gasteiger partial charge is 0.151 e. The van der Waals surface area contributed by atoms with Crippen LogP contribution in [0.1, 0.15) is 17.5 Å². The van der Waals surface area contributed by atoms with Gasteiger partial charge in [-0.25, -0.2) is 0 Å². The standard InChI is InChI=1S/C16H21N3O2/c17-14-7-8-15(18)13(12(14)6-9-16(20)21)10-19-11-4-2-1-3-5-11/h1-5,7-8,16,19-21H,6,9-10,17-18H2. The van der Waals surface area contributed by atoms with Crippen LogP contribution in [0.3, 0.4) is 0 Å². The SMILES string of the molecule is Nc1ccc(N)c(CNc2ccccc2)c1CCC(O)O. The quantitative estimate of drug-likeness (QED) is 0.411. The molecule has 5 heteroatoms. The molecule has 21 heavy (non-hydrogen) atoms. The highest BCUT2D eigenvalue weighted by Crippen LogP contribution is 2.26. The molecule has 0 saturated carbocycles. The van der Waals surface area contributed by atoms with Gasteiger partial charge in [0, 0.05) is 30.0 Å². The fraction of sp³-hybridized carbons (Fsp3) is 0.250. The predicted molar refractivity (Wildman–Crippen MR) is 85.6 cm³/mol. The van der Waals surface area contributed by atoms with Gasteiger partial charge in [-0.3, -0.25) is 0 Å². The van der Waals surface area contributed by atoms with E-state index in [-0.39, 0.29) is 6.42 Å². The van der Waals surface area contributed by atoms with Crippen molar-refractivity contribution in [3.05, 3.63) is 53.6 Å². The van der Waals surface area contributed by atoms with Crippen molar-refractivity contribution in [2.45, 2.75) is 25.7 Å². The summed E-state index contributed by atoms with van der Waals surface area (Å²) in [6.45, 7) is 0.539. The summed E-state index contributed by atoms with van der Waals surface area (Å²) in [5.41, 5.74) is 16.1. The number of rotatable bonds is 6. The van der Waals surface area contributed by atoms with E-state index in [9.17, 15) is 0 Å². The first-order valence-electron chi connectivity index (χ1n) is 6.88. The van der Waals surface area contributed by atoms with E-state index in [1.165, 1.54) is 0 Å². The van der Waals surface area contributed by atoms with Crippen molar-refractivity contribution in [1.29, 1.82) is 0 Å². The molecule has 0 fully saturated rings. The Kier molecular flexibility index (Phi) is 5.03. The molecule has 0 bridgehead atoms. The number of nitrogens with one attached hydrogen (secondary N) is 1. The summed E-state index contributed by atoms with van der Waals surface area (Å²) >= 11 is 0. The van der Waals surface area contributed by atoms with E-state index >= 15 is 0 Å². The molecule has 2 aromatic rings. The number of para-hydroxylation sites is 1. The highest BCUT2D eigenvalue weighted by molar-refractivity contribution is 5.63. The second-order valence-corrected chi connectivity index (χ2v) is 4.94. The van der Waals surface area contributed by atoms with Crippen LogP contribution in [0.15, 0.2) is 42.5 Å². The topological polar surface area (TPSA) is 105 Å². The maximum absolute atomic E-state index is 9.04. The molecular formula is C16H21N3O2. The van der Waals surface area contributed by atoms with Gasteiger partial charge in [0.15, 0.2) is 6.29 Å². The summed E-state index contributed by atoms with van der Waals surface area (Å²) in [5, 5.41) is 21.4. The second kappa shape index (κ2) is 6.97. The molecule has 0 saturated heterocycles. The van der Waals surface area contributed by atoms with Gasteiger partial charge in [0.25, 0.3) is 0 Å². The largest absolute Gasteiger partial charge is 0.398 e. The van der Waals surface area contributed by atoms with Crippen molar-refractivity contribution >= 4 is 17.1 Å². The van der Waals surface area contributed by atoms with Crippen molar-refractivity contribution in [3.8, 4) is 0 Å². The molecule has 0 radical (unpaired) electrons. The van der Waals surface area contributed by atoms with Gasteiger partial charge in [0.1, 0.15) is 0 Å². The van der Waals surface area contributed by atoms with Crippen LogP contribution >= 0.6 is 0 Å². The van der Waals surface area contributed by atoms with Gasteiger partial charge in [-0.15, -0.1) is 0 Å². The minimum absolute atomic E-state index is 0.228. The molecule has 0 spiro atoms. The van der Waals surface area contributed by atoms with Crippen molar-refractivity contribution in [1.82, 2.24) is 0 Å². The molecule has 7 N–H and O–H groups in total. The van der Waals surface area contributed by atoms with E-state index in [1.54, 1.807) is 12.1 Å². The Labute approximate surface area is 124 Å². The predicted octanol–water partition coefficient (Wildman–Crippen LogP) is 1.71. The van der Waals surface area contributed by atoms with Crippen LogP contribution in [0.25, 0.3) is 0 Å². The molecule has 0 unspecified atom stereocenters.